The molecule has 0 aromatic heterocycles. The fourth-order valence-electron chi connectivity index (χ4n) is 1.93. The number of carbonyl (C=O) groups excluding carboxylic acids is 1. The Morgan fingerprint density at radius 2 is 2.00 bits per heavy atom. The summed E-state index contributed by atoms with van der Waals surface area (Å²) in [6, 6.07) is -2.07. The first kappa shape index (κ1) is 15.2. The smallest absolute Gasteiger partial charge is 0.326 e. The van der Waals surface area contributed by atoms with Crippen LogP contribution in [0.5, 0.6) is 0 Å². The molecule has 1 saturated heterocycles. The van der Waals surface area contributed by atoms with Gasteiger partial charge in [-0.3, -0.25) is 4.79 Å². The van der Waals surface area contributed by atoms with Crippen LogP contribution in [0.3, 0.4) is 0 Å². The van der Waals surface area contributed by atoms with Crippen molar-refractivity contribution >= 4 is 18.0 Å². The van der Waals surface area contributed by atoms with Crippen molar-refractivity contribution in [2.45, 2.75) is 31.9 Å². The first-order valence-corrected chi connectivity index (χ1v) is 5.99. The van der Waals surface area contributed by atoms with E-state index in [1.54, 1.807) is 6.92 Å². The highest BCUT2D eigenvalue weighted by molar-refractivity contribution is 5.86. The second-order valence-corrected chi connectivity index (χ2v) is 4.72. The second-order valence-electron chi connectivity index (χ2n) is 4.72. The lowest BCUT2D eigenvalue weighted by molar-refractivity contribution is -0.145. The minimum Gasteiger partial charge on any atom is -0.481 e. The van der Waals surface area contributed by atoms with Crippen LogP contribution in [0.15, 0.2) is 0 Å². The number of nitrogens with one attached hydrogen (secondary N) is 1. The Morgan fingerprint density at radius 3 is 2.47 bits per heavy atom. The maximum absolute atomic E-state index is 11.8. The predicted molar refractivity (Wildman–Crippen MR) is 63.6 cm³/mol. The van der Waals surface area contributed by atoms with E-state index in [1.165, 1.54) is 4.90 Å². The highest BCUT2D eigenvalue weighted by Crippen LogP contribution is 2.16. The van der Waals surface area contributed by atoms with Crippen molar-refractivity contribution in [1.29, 1.82) is 0 Å². The molecule has 2 amide bonds. The molecule has 8 heteroatoms. The molecule has 8 nitrogen and oxygen atoms in total. The molecule has 0 aromatic rings. The maximum Gasteiger partial charge on any atom is 0.326 e. The zero-order chi connectivity index (χ0) is 14.6. The first-order chi connectivity index (χ1) is 8.81. The van der Waals surface area contributed by atoms with Gasteiger partial charge in [0, 0.05) is 13.1 Å². The van der Waals surface area contributed by atoms with Crippen LogP contribution in [0.4, 0.5) is 4.79 Å². The van der Waals surface area contributed by atoms with Crippen molar-refractivity contribution < 1.29 is 29.7 Å². The summed E-state index contributed by atoms with van der Waals surface area (Å²) in [6.07, 6.45) is -0.725. The fourth-order valence-corrected chi connectivity index (χ4v) is 1.93. The van der Waals surface area contributed by atoms with E-state index in [-0.39, 0.29) is 5.92 Å². The molecule has 1 heterocycles. The Balaban J connectivity index is 2.57. The number of aliphatic hydroxyl groups is 1. The van der Waals surface area contributed by atoms with Gasteiger partial charge in [0.1, 0.15) is 6.04 Å². The van der Waals surface area contributed by atoms with Crippen LogP contribution in [0.25, 0.3) is 0 Å². The zero-order valence-corrected chi connectivity index (χ0v) is 10.6. The van der Waals surface area contributed by atoms with E-state index in [0.29, 0.717) is 19.5 Å². The average molecular weight is 274 g/mol. The van der Waals surface area contributed by atoms with Crippen molar-refractivity contribution in [3.8, 4) is 0 Å². The number of aliphatic hydroxyl groups excluding tert-OH is 1. The van der Waals surface area contributed by atoms with Crippen molar-refractivity contribution in [2.75, 3.05) is 13.1 Å². The maximum atomic E-state index is 11.8. The summed E-state index contributed by atoms with van der Waals surface area (Å²) < 4.78 is 0. The molecule has 1 rings (SSSR count). The second kappa shape index (κ2) is 6.37. The van der Waals surface area contributed by atoms with Crippen LogP contribution in [0.2, 0.25) is 0 Å². The number of nitrogens with zero attached hydrogens (tertiary/aromatic N) is 1. The lowest BCUT2D eigenvalue weighted by Crippen LogP contribution is -2.53. The van der Waals surface area contributed by atoms with Crippen LogP contribution in [0, 0.1) is 5.92 Å². The molecule has 108 valence electrons. The molecular weight excluding hydrogens is 256 g/mol. The van der Waals surface area contributed by atoms with E-state index in [1.807, 2.05) is 0 Å². The SMILES string of the molecule is CC1CN(C(=O)NC(CC(=O)O)C(=O)O)CCC1O. The average Bonchev–Trinajstić information content (AvgIpc) is 2.31. The summed E-state index contributed by atoms with van der Waals surface area (Å²) in [7, 11) is 0. The number of carboxylic acid groups (broad SMARTS) is 2. The summed E-state index contributed by atoms with van der Waals surface area (Å²) in [6.45, 7) is 2.42. The number of amides is 2. The Morgan fingerprint density at radius 1 is 1.37 bits per heavy atom. The molecule has 3 atom stereocenters. The summed E-state index contributed by atoms with van der Waals surface area (Å²) in [5.41, 5.74) is 0. The third kappa shape index (κ3) is 4.40. The monoisotopic (exact) mass is 274 g/mol. The van der Waals surface area contributed by atoms with Gasteiger partial charge in [-0.05, 0) is 12.3 Å². The summed E-state index contributed by atoms with van der Waals surface area (Å²) in [5.74, 6) is -2.78. The van der Waals surface area contributed by atoms with Crippen molar-refractivity contribution in [1.82, 2.24) is 10.2 Å². The number of aliphatic carboxylic acids is 2. The number of carbonyl (C=O) groups is 3. The van der Waals surface area contributed by atoms with E-state index in [9.17, 15) is 19.5 Å². The molecule has 3 unspecified atom stereocenters. The minimum absolute atomic E-state index is 0.0951. The van der Waals surface area contributed by atoms with Crippen molar-refractivity contribution in [3.63, 3.8) is 0 Å². The molecule has 0 spiro atoms. The highest BCUT2D eigenvalue weighted by atomic mass is 16.4. The third-order valence-corrected chi connectivity index (χ3v) is 3.12. The number of hydrogen-bond acceptors (Lipinski definition) is 4. The van der Waals surface area contributed by atoms with Gasteiger partial charge in [-0.1, -0.05) is 6.92 Å². The Kier molecular flexibility index (Phi) is 5.11. The molecule has 19 heavy (non-hydrogen) atoms. The number of urea groups is 1. The third-order valence-electron chi connectivity index (χ3n) is 3.12. The molecule has 0 saturated carbocycles. The Labute approximate surface area is 110 Å². The lowest BCUT2D eigenvalue weighted by atomic mass is 9.97. The van der Waals surface area contributed by atoms with Gasteiger partial charge in [0.15, 0.2) is 0 Å². The highest BCUT2D eigenvalue weighted by Gasteiger charge is 2.30. The summed E-state index contributed by atoms with van der Waals surface area (Å²) in [4.78, 5) is 34.5. The van der Waals surface area contributed by atoms with Gasteiger partial charge in [-0.15, -0.1) is 0 Å². The molecule has 1 fully saturated rings. The lowest BCUT2D eigenvalue weighted by Gasteiger charge is -2.34. The van der Waals surface area contributed by atoms with E-state index in [0.717, 1.165) is 0 Å². The van der Waals surface area contributed by atoms with E-state index in [2.05, 4.69) is 5.32 Å². The quantitative estimate of drug-likeness (QED) is 0.538. The molecule has 4 N–H and O–H groups in total. The van der Waals surface area contributed by atoms with E-state index in [4.69, 9.17) is 10.2 Å². The summed E-state index contributed by atoms with van der Waals surface area (Å²) in [5, 5.41) is 29.1. The minimum atomic E-state index is -1.45. The van der Waals surface area contributed by atoms with Gasteiger partial charge in [-0.2, -0.15) is 0 Å². The standard InChI is InChI=1S/C11H18N2O6/c1-6-5-13(3-2-8(6)14)11(19)12-7(10(17)18)4-9(15)16/h6-8,14H,2-5H2,1H3,(H,12,19)(H,15,16)(H,17,18). The topological polar surface area (TPSA) is 127 Å². The predicted octanol–water partition coefficient (Wildman–Crippen LogP) is -0.673. The van der Waals surface area contributed by atoms with E-state index >= 15 is 0 Å². The number of rotatable bonds is 4. The van der Waals surface area contributed by atoms with E-state index < -0.39 is 36.5 Å². The van der Waals surface area contributed by atoms with Gasteiger partial charge < -0.3 is 25.5 Å². The van der Waals surface area contributed by atoms with Gasteiger partial charge in [0.25, 0.3) is 0 Å². The van der Waals surface area contributed by atoms with Crippen LogP contribution in [-0.2, 0) is 9.59 Å². The van der Waals surface area contributed by atoms with Gasteiger partial charge in [-0.25, -0.2) is 9.59 Å². The van der Waals surface area contributed by atoms with Gasteiger partial charge >= 0.3 is 18.0 Å². The van der Waals surface area contributed by atoms with Crippen molar-refractivity contribution in [2.24, 2.45) is 5.92 Å². The van der Waals surface area contributed by atoms with Crippen LogP contribution >= 0.6 is 0 Å². The molecule has 0 aromatic carbocycles. The van der Waals surface area contributed by atoms with Crippen LogP contribution < -0.4 is 5.32 Å². The Bertz CT molecular complexity index is 372. The van der Waals surface area contributed by atoms with Gasteiger partial charge in [0.2, 0.25) is 0 Å². The number of likely N-dealkylation sites (tertiary alicyclic amines) is 1. The molecule has 1 aliphatic heterocycles. The Hall–Kier alpha value is -1.83. The first-order valence-electron chi connectivity index (χ1n) is 5.99. The summed E-state index contributed by atoms with van der Waals surface area (Å²) >= 11 is 0. The number of hydrogen-bond donors (Lipinski definition) is 4. The van der Waals surface area contributed by atoms with Crippen LogP contribution in [0.1, 0.15) is 19.8 Å². The number of piperidine rings is 1. The molecule has 0 bridgehead atoms. The van der Waals surface area contributed by atoms with Gasteiger partial charge in [0.05, 0.1) is 12.5 Å². The molecule has 0 aliphatic carbocycles. The van der Waals surface area contributed by atoms with Crippen LogP contribution in [-0.4, -0.2) is 63.4 Å². The van der Waals surface area contributed by atoms with Crippen molar-refractivity contribution in [3.05, 3.63) is 0 Å². The fraction of sp³-hybridized carbons (Fsp3) is 0.727. The largest absolute Gasteiger partial charge is 0.481 e. The normalized spacial score (nSPS) is 24.6. The zero-order valence-electron chi connectivity index (χ0n) is 10.6. The molecule has 1 aliphatic rings. The molecule has 0 radical (unpaired) electrons. The molecular formula is C11H18N2O6. The number of carboxylic acids is 2.